The third-order valence-electron chi connectivity index (χ3n) is 2.68. The van der Waals surface area contributed by atoms with Crippen molar-refractivity contribution in [1.82, 2.24) is 0 Å². The average molecular weight is 219 g/mol. The predicted octanol–water partition coefficient (Wildman–Crippen LogP) is 1.25. The molecule has 1 saturated heterocycles. The first-order valence-electron chi connectivity index (χ1n) is 5.16. The van der Waals surface area contributed by atoms with Gasteiger partial charge in [-0.3, -0.25) is 4.79 Å². The molecule has 4 nitrogen and oxygen atoms in total. The summed E-state index contributed by atoms with van der Waals surface area (Å²) in [5.41, 5.74) is 1.50. The van der Waals surface area contributed by atoms with Crippen LogP contribution in [0.3, 0.4) is 0 Å². The molecule has 2 rings (SSSR count). The number of anilines is 1. The van der Waals surface area contributed by atoms with Crippen LogP contribution < -0.4 is 4.90 Å². The van der Waals surface area contributed by atoms with Gasteiger partial charge in [-0.25, -0.2) is 4.79 Å². The maximum Gasteiger partial charge on any atom is 0.337 e. The summed E-state index contributed by atoms with van der Waals surface area (Å²) >= 11 is 0. The SMILES string of the molecule is COC(=O)c1ccc(N2CCC(=O)C2)cc1. The summed E-state index contributed by atoms with van der Waals surface area (Å²) in [4.78, 5) is 24.3. The number of nitrogens with zero attached hydrogens (tertiary/aromatic N) is 1. The van der Waals surface area contributed by atoms with E-state index in [-0.39, 0.29) is 11.8 Å². The molecule has 0 amide bonds. The predicted molar refractivity (Wildman–Crippen MR) is 59.6 cm³/mol. The second-order valence-electron chi connectivity index (χ2n) is 3.75. The van der Waals surface area contributed by atoms with Crippen molar-refractivity contribution in [1.29, 1.82) is 0 Å². The molecule has 0 bridgehead atoms. The molecule has 1 aliphatic heterocycles. The lowest BCUT2D eigenvalue weighted by molar-refractivity contribution is -0.116. The van der Waals surface area contributed by atoms with Crippen LogP contribution in [-0.2, 0) is 9.53 Å². The molecule has 16 heavy (non-hydrogen) atoms. The molecule has 0 spiro atoms. The van der Waals surface area contributed by atoms with Crippen molar-refractivity contribution >= 4 is 17.4 Å². The van der Waals surface area contributed by atoms with Crippen LogP contribution in [0.4, 0.5) is 5.69 Å². The molecular weight excluding hydrogens is 206 g/mol. The molecule has 0 aromatic heterocycles. The van der Waals surface area contributed by atoms with E-state index in [9.17, 15) is 9.59 Å². The summed E-state index contributed by atoms with van der Waals surface area (Å²) in [6.45, 7) is 1.23. The van der Waals surface area contributed by atoms with E-state index in [2.05, 4.69) is 4.74 Å². The normalized spacial score (nSPS) is 15.3. The lowest BCUT2D eigenvalue weighted by atomic mass is 10.2. The summed E-state index contributed by atoms with van der Waals surface area (Å²) in [6.07, 6.45) is 0.610. The van der Waals surface area contributed by atoms with Crippen LogP contribution in [0.2, 0.25) is 0 Å². The van der Waals surface area contributed by atoms with Gasteiger partial charge in [0, 0.05) is 18.7 Å². The molecule has 0 saturated carbocycles. The van der Waals surface area contributed by atoms with Crippen molar-refractivity contribution in [2.24, 2.45) is 0 Å². The lowest BCUT2D eigenvalue weighted by Gasteiger charge is -2.16. The Hall–Kier alpha value is -1.84. The molecule has 1 aromatic rings. The third-order valence-corrected chi connectivity index (χ3v) is 2.68. The maximum absolute atomic E-state index is 11.2. The fourth-order valence-electron chi connectivity index (χ4n) is 1.78. The van der Waals surface area contributed by atoms with Crippen molar-refractivity contribution in [2.45, 2.75) is 6.42 Å². The molecule has 4 heteroatoms. The van der Waals surface area contributed by atoms with E-state index in [0.717, 1.165) is 12.2 Å². The van der Waals surface area contributed by atoms with Crippen LogP contribution in [-0.4, -0.2) is 32.0 Å². The number of Topliss-reactive ketones (excluding diaryl/α,β-unsaturated/α-hetero) is 1. The second kappa shape index (κ2) is 4.35. The third kappa shape index (κ3) is 2.05. The van der Waals surface area contributed by atoms with Gasteiger partial charge < -0.3 is 9.64 Å². The van der Waals surface area contributed by atoms with Gasteiger partial charge in [-0.1, -0.05) is 0 Å². The van der Waals surface area contributed by atoms with E-state index in [1.807, 2.05) is 17.0 Å². The monoisotopic (exact) mass is 219 g/mol. The van der Waals surface area contributed by atoms with Gasteiger partial charge in [0.25, 0.3) is 0 Å². The van der Waals surface area contributed by atoms with Crippen LogP contribution in [0.1, 0.15) is 16.8 Å². The molecule has 0 N–H and O–H groups in total. The number of esters is 1. The largest absolute Gasteiger partial charge is 0.465 e. The molecule has 1 aliphatic rings. The van der Waals surface area contributed by atoms with Gasteiger partial charge in [0.05, 0.1) is 19.2 Å². The van der Waals surface area contributed by atoms with Gasteiger partial charge in [-0.15, -0.1) is 0 Å². The number of carbonyl (C=O) groups is 2. The van der Waals surface area contributed by atoms with Crippen molar-refractivity contribution in [3.05, 3.63) is 29.8 Å². The first kappa shape index (κ1) is 10.7. The Balaban J connectivity index is 2.13. The number of carbonyl (C=O) groups excluding carboxylic acids is 2. The standard InChI is InChI=1S/C12H13NO3/c1-16-12(15)9-2-4-10(5-3-9)13-7-6-11(14)8-13/h2-5H,6-8H2,1H3. The summed E-state index contributed by atoms with van der Waals surface area (Å²) in [7, 11) is 1.36. The summed E-state index contributed by atoms with van der Waals surface area (Å²) < 4.78 is 4.61. The fourth-order valence-corrected chi connectivity index (χ4v) is 1.78. The Kier molecular flexibility index (Phi) is 2.90. The number of hydrogen-bond acceptors (Lipinski definition) is 4. The van der Waals surface area contributed by atoms with Crippen molar-refractivity contribution in [2.75, 3.05) is 25.1 Å². The maximum atomic E-state index is 11.2. The van der Waals surface area contributed by atoms with E-state index >= 15 is 0 Å². The van der Waals surface area contributed by atoms with Gasteiger partial charge in [-0.05, 0) is 24.3 Å². The quantitative estimate of drug-likeness (QED) is 0.702. The van der Waals surface area contributed by atoms with Crippen LogP contribution in [0, 0.1) is 0 Å². The Labute approximate surface area is 93.8 Å². The highest BCUT2D eigenvalue weighted by Gasteiger charge is 2.19. The molecule has 1 fully saturated rings. The molecule has 0 aliphatic carbocycles. The molecule has 1 aromatic carbocycles. The first-order valence-corrected chi connectivity index (χ1v) is 5.16. The van der Waals surface area contributed by atoms with E-state index < -0.39 is 0 Å². The van der Waals surface area contributed by atoms with Gasteiger partial charge in [0.15, 0.2) is 5.78 Å². The number of hydrogen-bond donors (Lipinski definition) is 0. The lowest BCUT2D eigenvalue weighted by Crippen LogP contribution is -2.19. The summed E-state index contributed by atoms with van der Waals surface area (Å²) in [5.74, 6) is -0.0823. The van der Waals surface area contributed by atoms with Crippen LogP contribution in [0.15, 0.2) is 24.3 Å². The highest BCUT2D eigenvalue weighted by molar-refractivity contribution is 5.90. The van der Waals surface area contributed by atoms with Crippen LogP contribution >= 0.6 is 0 Å². The molecular formula is C12H13NO3. The highest BCUT2D eigenvalue weighted by Crippen LogP contribution is 2.19. The van der Waals surface area contributed by atoms with Crippen molar-refractivity contribution in [3.8, 4) is 0 Å². The summed E-state index contributed by atoms with van der Waals surface area (Å²) in [5, 5.41) is 0. The zero-order valence-electron chi connectivity index (χ0n) is 9.10. The molecule has 0 radical (unpaired) electrons. The van der Waals surface area contributed by atoms with Crippen LogP contribution in [0.5, 0.6) is 0 Å². The molecule has 1 heterocycles. The number of benzene rings is 1. The van der Waals surface area contributed by atoms with Gasteiger partial charge in [-0.2, -0.15) is 0 Å². The van der Waals surface area contributed by atoms with Crippen molar-refractivity contribution < 1.29 is 14.3 Å². The van der Waals surface area contributed by atoms with Crippen molar-refractivity contribution in [3.63, 3.8) is 0 Å². The van der Waals surface area contributed by atoms with E-state index in [4.69, 9.17) is 0 Å². The molecule has 0 atom stereocenters. The average Bonchev–Trinajstić information content (AvgIpc) is 2.75. The van der Waals surface area contributed by atoms with E-state index in [1.165, 1.54) is 7.11 Å². The van der Waals surface area contributed by atoms with Crippen LogP contribution in [0.25, 0.3) is 0 Å². The Morgan fingerprint density at radius 1 is 1.31 bits per heavy atom. The first-order chi connectivity index (χ1) is 7.70. The Morgan fingerprint density at radius 2 is 2.00 bits per heavy atom. The molecule has 0 unspecified atom stereocenters. The minimum atomic E-state index is -0.343. The number of ether oxygens (including phenoxy) is 1. The topological polar surface area (TPSA) is 46.6 Å². The van der Waals surface area contributed by atoms with E-state index in [0.29, 0.717) is 18.5 Å². The Bertz CT molecular complexity index is 411. The smallest absolute Gasteiger partial charge is 0.337 e. The summed E-state index contributed by atoms with van der Waals surface area (Å²) in [6, 6.07) is 7.10. The van der Waals surface area contributed by atoms with Gasteiger partial charge in [0.2, 0.25) is 0 Å². The molecule has 84 valence electrons. The second-order valence-corrected chi connectivity index (χ2v) is 3.75. The number of rotatable bonds is 2. The minimum absolute atomic E-state index is 0.261. The highest BCUT2D eigenvalue weighted by atomic mass is 16.5. The zero-order chi connectivity index (χ0) is 11.5. The van der Waals surface area contributed by atoms with E-state index in [1.54, 1.807) is 12.1 Å². The Morgan fingerprint density at radius 3 is 2.50 bits per heavy atom. The zero-order valence-corrected chi connectivity index (χ0v) is 9.10. The van der Waals surface area contributed by atoms with Gasteiger partial charge >= 0.3 is 5.97 Å². The minimum Gasteiger partial charge on any atom is -0.465 e. The van der Waals surface area contributed by atoms with Gasteiger partial charge in [0.1, 0.15) is 0 Å². The fraction of sp³-hybridized carbons (Fsp3) is 0.333. The number of methoxy groups -OCH3 is 1. The number of ketones is 1.